The quantitative estimate of drug-likeness (QED) is 0.185. The maximum atomic E-state index is 5.20. The van der Waals surface area contributed by atoms with Crippen molar-refractivity contribution in [1.82, 2.24) is 24.9 Å². The van der Waals surface area contributed by atoms with Crippen LogP contribution in [0.15, 0.2) is 84.9 Å². The summed E-state index contributed by atoms with van der Waals surface area (Å²) in [7, 11) is 0. The van der Waals surface area contributed by atoms with E-state index in [9.17, 15) is 0 Å². The minimum absolute atomic E-state index is 0.925. The third-order valence-corrected chi connectivity index (χ3v) is 9.55. The molecular formula is C42H37N5. The number of aromatic amines is 3. The third-order valence-electron chi connectivity index (χ3n) is 9.55. The summed E-state index contributed by atoms with van der Waals surface area (Å²) in [5.74, 6) is 0. The summed E-state index contributed by atoms with van der Waals surface area (Å²) in [6.07, 6.45) is 10.4. The second-order valence-corrected chi connectivity index (χ2v) is 12.3. The molecule has 47 heavy (non-hydrogen) atoms. The van der Waals surface area contributed by atoms with Crippen molar-refractivity contribution in [2.75, 3.05) is 0 Å². The number of H-pyrrole nitrogens is 3. The minimum Gasteiger partial charge on any atom is -0.354 e. The molecule has 0 amide bonds. The van der Waals surface area contributed by atoms with Gasteiger partial charge in [0.25, 0.3) is 0 Å². The Kier molecular flexibility index (Phi) is 7.10. The van der Waals surface area contributed by atoms with Crippen molar-refractivity contribution in [3.05, 3.63) is 130 Å². The monoisotopic (exact) mass is 611 g/mol. The summed E-state index contributed by atoms with van der Waals surface area (Å²) >= 11 is 0. The molecule has 4 aromatic heterocycles. The van der Waals surface area contributed by atoms with Crippen LogP contribution >= 0.6 is 0 Å². The molecule has 0 fully saturated rings. The second kappa shape index (κ2) is 11.6. The van der Waals surface area contributed by atoms with Gasteiger partial charge in [-0.3, -0.25) is 0 Å². The van der Waals surface area contributed by atoms with E-state index in [1.165, 1.54) is 22.3 Å². The fourth-order valence-electron chi connectivity index (χ4n) is 7.24. The number of hydrogen-bond acceptors (Lipinski definition) is 2. The summed E-state index contributed by atoms with van der Waals surface area (Å²) in [6, 6.07) is 29.8. The van der Waals surface area contributed by atoms with Gasteiger partial charge in [0, 0.05) is 33.2 Å². The lowest BCUT2D eigenvalue weighted by atomic mass is 10.0. The maximum Gasteiger partial charge on any atom is 0.0736 e. The normalized spacial score (nSPS) is 12.3. The SMILES string of the molecule is CCc1c(C)c2[nH]c1cc1nc(c(-c3ccccc3)c3ccc([nH]3)c(-c3ccccc3)c3nc(cc4[nH]c2c(C)c4CC)C=C3)C=C1. The molecule has 3 N–H and O–H groups in total. The smallest absolute Gasteiger partial charge is 0.0736 e. The first-order valence-corrected chi connectivity index (χ1v) is 16.5. The minimum atomic E-state index is 0.925. The first-order chi connectivity index (χ1) is 23.0. The van der Waals surface area contributed by atoms with Crippen LogP contribution in [0.4, 0.5) is 0 Å². The Morgan fingerprint density at radius 2 is 0.915 bits per heavy atom. The van der Waals surface area contributed by atoms with Gasteiger partial charge in [-0.15, -0.1) is 0 Å². The maximum absolute atomic E-state index is 5.20. The molecule has 2 aliphatic heterocycles. The number of nitrogens with one attached hydrogen (secondary N) is 3. The molecule has 2 aliphatic rings. The van der Waals surface area contributed by atoms with Gasteiger partial charge in [0.05, 0.1) is 33.8 Å². The van der Waals surface area contributed by atoms with Crippen molar-refractivity contribution < 1.29 is 0 Å². The first kappa shape index (κ1) is 28.8. The molecular weight excluding hydrogens is 574 g/mol. The molecule has 0 aliphatic carbocycles. The Labute approximate surface area is 274 Å². The number of hydrogen-bond donors (Lipinski definition) is 3. The van der Waals surface area contributed by atoms with E-state index in [0.29, 0.717) is 0 Å². The first-order valence-electron chi connectivity index (χ1n) is 16.5. The predicted octanol–water partition coefficient (Wildman–Crippen LogP) is 10.8. The van der Waals surface area contributed by atoms with E-state index >= 15 is 0 Å². The molecule has 0 radical (unpaired) electrons. The largest absolute Gasteiger partial charge is 0.354 e. The Morgan fingerprint density at radius 3 is 1.32 bits per heavy atom. The number of fused-ring (bicyclic) bond motifs is 11. The Balaban J connectivity index is 1.56. The summed E-state index contributed by atoms with van der Waals surface area (Å²) in [5, 5.41) is 0. The molecule has 6 heterocycles. The van der Waals surface area contributed by atoms with Gasteiger partial charge in [-0.2, -0.15) is 0 Å². The topological polar surface area (TPSA) is 73.2 Å². The van der Waals surface area contributed by atoms with E-state index in [-0.39, 0.29) is 0 Å². The van der Waals surface area contributed by atoms with Crippen LogP contribution in [0.1, 0.15) is 58.9 Å². The lowest BCUT2D eigenvalue weighted by molar-refractivity contribution is 1.14. The molecule has 8 rings (SSSR count). The van der Waals surface area contributed by atoms with Crippen molar-refractivity contribution in [3.63, 3.8) is 0 Å². The van der Waals surface area contributed by atoms with E-state index in [0.717, 1.165) is 91.0 Å². The highest BCUT2D eigenvalue weighted by atomic mass is 14.8. The van der Waals surface area contributed by atoms with E-state index in [4.69, 9.17) is 9.97 Å². The van der Waals surface area contributed by atoms with Crippen LogP contribution in [0.5, 0.6) is 0 Å². The average Bonchev–Trinajstić information content (AvgIpc) is 3.93. The number of aryl methyl sites for hydroxylation is 4. The lowest BCUT2D eigenvalue weighted by Gasteiger charge is -2.05. The van der Waals surface area contributed by atoms with Crippen LogP contribution in [0.3, 0.4) is 0 Å². The molecule has 0 saturated heterocycles. The summed E-state index contributed by atoms with van der Waals surface area (Å²) in [6.45, 7) is 8.90. The molecule has 0 unspecified atom stereocenters. The fourth-order valence-corrected chi connectivity index (χ4v) is 7.24. The molecule has 0 spiro atoms. The van der Waals surface area contributed by atoms with Crippen LogP contribution in [-0.2, 0) is 12.8 Å². The van der Waals surface area contributed by atoms with Crippen LogP contribution in [0.25, 0.3) is 79.7 Å². The highest BCUT2D eigenvalue weighted by Gasteiger charge is 2.16. The zero-order chi connectivity index (χ0) is 32.1. The summed E-state index contributed by atoms with van der Waals surface area (Å²) in [5.41, 5.74) is 19.7. The molecule has 5 nitrogen and oxygen atoms in total. The second-order valence-electron chi connectivity index (χ2n) is 12.3. The highest BCUT2D eigenvalue weighted by Crippen LogP contribution is 2.35. The number of rotatable bonds is 4. The van der Waals surface area contributed by atoms with Gasteiger partial charge < -0.3 is 15.0 Å². The lowest BCUT2D eigenvalue weighted by Crippen LogP contribution is -1.87. The van der Waals surface area contributed by atoms with Crippen LogP contribution in [0.2, 0.25) is 0 Å². The Hall–Kier alpha value is -5.68. The van der Waals surface area contributed by atoms with Crippen LogP contribution < -0.4 is 0 Å². The van der Waals surface area contributed by atoms with Crippen molar-refractivity contribution in [2.24, 2.45) is 0 Å². The van der Waals surface area contributed by atoms with Crippen molar-refractivity contribution in [1.29, 1.82) is 0 Å². The third kappa shape index (κ3) is 4.95. The van der Waals surface area contributed by atoms with Crippen LogP contribution in [0, 0.1) is 13.8 Å². The Morgan fingerprint density at radius 1 is 0.489 bits per heavy atom. The zero-order valence-corrected chi connectivity index (χ0v) is 27.2. The van der Waals surface area contributed by atoms with Gasteiger partial charge in [-0.05, 0) is 109 Å². The summed E-state index contributed by atoms with van der Waals surface area (Å²) < 4.78 is 0. The van der Waals surface area contributed by atoms with E-state index < -0.39 is 0 Å². The summed E-state index contributed by atoms with van der Waals surface area (Å²) in [4.78, 5) is 21.8. The molecule has 6 aromatic rings. The van der Waals surface area contributed by atoms with E-state index in [1.807, 2.05) is 0 Å². The Bertz CT molecular complexity index is 2260. The average molecular weight is 612 g/mol. The molecule has 0 atom stereocenters. The van der Waals surface area contributed by atoms with Crippen molar-refractivity contribution in [2.45, 2.75) is 40.5 Å². The van der Waals surface area contributed by atoms with Crippen LogP contribution in [-0.4, -0.2) is 24.9 Å². The van der Waals surface area contributed by atoms with Gasteiger partial charge in [-0.1, -0.05) is 74.5 Å². The predicted molar refractivity (Wildman–Crippen MR) is 199 cm³/mol. The molecule has 0 saturated carbocycles. The molecule has 2 aromatic carbocycles. The molecule has 230 valence electrons. The van der Waals surface area contributed by atoms with Gasteiger partial charge >= 0.3 is 0 Å². The number of benzene rings is 2. The van der Waals surface area contributed by atoms with E-state index in [2.05, 4.69) is 152 Å². The fraction of sp³-hybridized carbons (Fsp3) is 0.143. The molecule has 10 bridgehead atoms. The standard InChI is InChI=1S/C42H37N5/c1-5-31-25(3)41-42-26(4)32(6-2)38(47-42)24-30-18-20-34(44-30)40(28-15-11-8-12-16-28)36-22-21-35(45-36)39(27-13-9-7-10-14-27)33-19-17-29(43-33)23-37(31)46-41/h7-24,45-47H,5-6H2,1-4H3. The highest BCUT2D eigenvalue weighted by molar-refractivity contribution is 5.96. The van der Waals surface area contributed by atoms with Gasteiger partial charge in [0.2, 0.25) is 0 Å². The zero-order valence-electron chi connectivity index (χ0n) is 27.2. The van der Waals surface area contributed by atoms with Gasteiger partial charge in [-0.25, -0.2) is 9.97 Å². The van der Waals surface area contributed by atoms with Crippen molar-refractivity contribution >= 4 is 57.4 Å². The van der Waals surface area contributed by atoms with Gasteiger partial charge in [0.15, 0.2) is 0 Å². The van der Waals surface area contributed by atoms with Crippen molar-refractivity contribution in [3.8, 4) is 22.3 Å². The van der Waals surface area contributed by atoms with E-state index in [1.54, 1.807) is 0 Å². The number of aromatic nitrogens is 5. The molecule has 5 heteroatoms. The van der Waals surface area contributed by atoms with Gasteiger partial charge in [0.1, 0.15) is 0 Å². The number of nitrogens with zero attached hydrogens (tertiary/aromatic N) is 2.